The van der Waals surface area contributed by atoms with Gasteiger partial charge >= 0.3 is 0 Å². The molecule has 0 saturated carbocycles. The Kier molecular flexibility index (Phi) is 11.8. The van der Waals surface area contributed by atoms with Crippen LogP contribution < -0.4 is 0 Å². The van der Waals surface area contributed by atoms with Gasteiger partial charge in [0, 0.05) is 58.6 Å². The van der Waals surface area contributed by atoms with Crippen LogP contribution >= 0.6 is 0 Å². The predicted molar refractivity (Wildman–Crippen MR) is 211 cm³/mol. The molecule has 0 radical (unpaired) electrons. The molecule has 1 N–H and O–H groups in total. The molecule has 0 unspecified atom stereocenters. The van der Waals surface area contributed by atoms with Gasteiger partial charge in [0.25, 0.3) is 10.1 Å². The van der Waals surface area contributed by atoms with Crippen molar-refractivity contribution in [2.45, 2.75) is 52.6 Å². The highest BCUT2D eigenvalue weighted by Crippen LogP contribution is 2.34. The lowest BCUT2D eigenvalue weighted by atomic mass is 10.1. The Morgan fingerprint density at radius 3 is 1.47 bits per heavy atom. The number of aliphatic hydroxyl groups is 1. The summed E-state index contributed by atoms with van der Waals surface area (Å²) in [6.45, 7) is 7.96. The fourth-order valence-electron chi connectivity index (χ4n) is 6.21. The summed E-state index contributed by atoms with van der Waals surface area (Å²) >= 11 is 0. The average Bonchev–Trinajstić information content (AvgIpc) is 3.99. The molecule has 0 aliphatic rings. The van der Waals surface area contributed by atoms with Crippen LogP contribution in [0, 0.1) is 23.3 Å². The molecule has 6 aromatic heterocycles. The summed E-state index contributed by atoms with van der Waals surface area (Å²) in [7, 11) is -3.62. The van der Waals surface area contributed by atoms with E-state index in [4.69, 9.17) is 4.18 Å². The standard InChI is InChI=1S/C20H20F2N6O3S.C19H18F2N6O/c1-12(2)20-24-23-18-7-6-17(25-28(18)20)15-11-27(8-9-31-32(3,29)30)26-19(15)14-5-4-13(21)10-16(14)22;1-11(2)19-23-22-17-6-5-16(24-27(17)19)14-10-26(7-8-28)25-18(14)13-4-3-12(20)9-15(13)21/h4-7,10-12H,8-9H2,1-3H3;3-6,9-11,28H,7-8H2,1-2H3. The summed E-state index contributed by atoms with van der Waals surface area (Å²) in [5.41, 5.74) is 3.98. The monoisotopic (exact) mass is 846 g/mol. The molecule has 8 rings (SSSR count). The second kappa shape index (κ2) is 17.0. The Balaban J connectivity index is 0.000000183. The van der Waals surface area contributed by atoms with Gasteiger partial charge in [-0.2, -0.15) is 37.8 Å². The minimum Gasteiger partial charge on any atom is -0.394 e. The van der Waals surface area contributed by atoms with Crippen molar-refractivity contribution in [1.82, 2.24) is 59.2 Å². The highest BCUT2D eigenvalue weighted by molar-refractivity contribution is 7.85. The van der Waals surface area contributed by atoms with Crippen LogP contribution in [0.3, 0.4) is 0 Å². The first kappa shape index (κ1) is 41.7. The Morgan fingerprint density at radius 1 is 0.617 bits per heavy atom. The van der Waals surface area contributed by atoms with Crippen molar-refractivity contribution in [2.75, 3.05) is 19.5 Å². The van der Waals surface area contributed by atoms with Gasteiger partial charge in [0.05, 0.1) is 43.9 Å². The van der Waals surface area contributed by atoms with Gasteiger partial charge in [0.15, 0.2) is 22.9 Å². The highest BCUT2D eigenvalue weighted by Gasteiger charge is 2.22. The number of fused-ring (bicyclic) bond motifs is 2. The first-order valence-corrected chi connectivity index (χ1v) is 20.4. The third-order valence-corrected chi connectivity index (χ3v) is 9.60. The van der Waals surface area contributed by atoms with Crippen LogP contribution in [0.25, 0.3) is 56.3 Å². The van der Waals surface area contributed by atoms with Crippen molar-refractivity contribution in [2.24, 2.45) is 0 Å². The fraction of sp³-hybridized carbons (Fsp3) is 0.282. The molecule has 6 heterocycles. The third-order valence-electron chi connectivity index (χ3n) is 9.00. The number of rotatable bonds is 12. The molecule has 2 aromatic carbocycles. The lowest BCUT2D eigenvalue weighted by molar-refractivity contribution is 0.269. The van der Waals surface area contributed by atoms with Crippen LogP contribution in [-0.2, 0) is 27.4 Å². The number of benzene rings is 2. The number of hydrogen-bond donors (Lipinski definition) is 1. The zero-order chi connectivity index (χ0) is 42.9. The maximum Gasteiger partial charge on any atom is 0.264 e. The van der Waals surface area contributed by atoms with Gasteiger partial charge in [-0.3, -0.25) is 13.5 Å². The lowest BCUT2D eigenvalue weighted by Crippen LogP contribution is -2.10. The molecule has 16 nitrogen and oxygen atoms in total. The van der Waals surface area contributed by atoms with E-state index >= 15 is 0 Å². The molecule has 0 aliphatic heterocycles. The Labute approximate surface area is 340 Å². The van der Waals surface area contributed by atoms with Crippen molar-refractivity contribution >= 4 is 21.4 Å². The summed E-state index contributed by atoms with van der Waals surface area (Å²) in [6, 6.07) is 13.5. The number of aromatic nitrogens is 12. The molecule has 0 bridgehead atoms. The maximum atomic E-state index is 14.6. The molecule has 0 atom stereocenters. The number of hydrogen-bond acceptors (Lipinski definition) is 12. The Bertz CT molecular complexity index is 2940. The van der Waals surface area contributed by atoms with Gasteiger partial charge in [0.1, 0.15) is 34.7 Å². The molecule has 0 amide bonds. The van der Waals surface area contributed by atoms with E-state index in [2.05, 4.69) is 40.8 Å². The number of halogens is 4. The van der Waals surface area contributed by atoms with E-state index in [0.717, 1.165) is 24.5 Å². The van der Waals surface area contributed by atoms with Crippen LogP contribution in [0.5, 0.6) is 0 Å². The van der Waals surface area contributed by atoms with Gasteiger partial charge in [-0.1, -0.05) is 27.7 Å². The third kappa shape index (κ3) is 8.92. The second-order valence-corrected chi connectivity index (χ2v) is 15.9. The summed E-state index contributed by atoms with van der Waals surface area (Å²) in [5, 5.41) is 43.8. The summed E-state index contributed by atoms with van der Waals surface area (Å²) in [4.78, 5) is 0. The Morgan fingerprint density at radius 2 is 1.07 bits per heavy atom. The molecule has 0 spiro atoms. The number of aliphatic hydroxyl groups excluding tert-OH is 1. The zero-order valence-electron chi connectivity index (χ0n) is 32.9. The molecule has 0 fully saturated rings. The molecule has 0 saturated heterocycles. The van der Waals surface area contributed by atoms with Crippen molar-refractivity contribution in [3.63, 3.8) is 0 Å². The van der Waals surface area contributed by atoms with Crippen molar-refractivity contribution in [3.05, 3.63) is 108 Å². The Hall–Kier alpha value is -6.45. The zero-order valence-corrected chi connectivity index (χ0v) is 33.7. The fourth-order valence-corrected chi connectivity index (χ4v) is 6.59. The van der Waals surface area contributed by atoms with Crippen LogP contribution in [0.15, 0.2) is 73.1 Å². The van der Waals surface area contributed by atoms with Gasteiger partial charge in [-0.15, -0.1) is 20.4 Å². The van der Waals surface area contributed by atoms with E-state index in [-0.39, 0.29) is 55.0 Å². The van der Waals surface area contributed by atoms with Crippen LogP contribution in [0.2, 0.25) is 0 Å². The minimum atomic E-state index is -3.62. The molecule has 8 aromatic rings. The highest BCUT2D eigenvalue weighted by atomic mass is 32.2. The average molecular weight is 847 g/mol. The first-order valence-electron chi connectivity index (χ1n) is 18.6. The van der Waals surface area contributed by atoms with E-state index in [1.165, 1.54) is 27.6 Å². The van der Waals surface area contributed by atoms with Crippen LogP contribution in [0.4, 0.5) is 17.6 Å². The second-order valence-electron chi connectivity index (χ2n) is 14.2. The van der Waals surface area contributed by atoms with Crippen molar-refractivity contribution < 1.29 is 35.3 Å². The normalized spacial score (nSPS) is 11.9. The maximum absolute atomic E-state index is 14.6. The lowest BCUT2D eigenvalue weighted by Gasteiger charge is -2.06. The molecular weight excluding hydrogens is 809 g/mol. The van der Waals surface area contributed by atoms with Crippen molar-refractivity contribution in [3.8, 4) is 45.0 Å². The van der Waals surface area contributed by atoms with E-state index in [0.29, 0.717) is 51.2 Å². The molecule has 0 aliphatic carbocycles. The number of nitrogens with zero attached hydrogens (tertiary/aromatic N) is 12. The first-order chi connectivity index (χ1) is 28.6. The summed E-state index contributed by atoms with van der Waals surface area (Å²) in [5.74, 6) is -1.33. The molecule has 60 heavy (non-hydrogen) atoms. The van der Waals surface area contributed by atoms with Crippen LogP contribution in [0.1, 0.15) is 51.2 Å². The minimum absolute atomic E-state index is 0.0672. The topological polar surface area (TPSA) is 185 Å². The van der Waals surface area contributed by atoms with E-state index in [9.17, 15) is 31.1 Å². The van der Waals surface area contributed by atoms with Gasteiger partial charge < -0.3 is 5.11 Å². The molecule has 21 heteroatoms. The van der Waals surface area contributed by atoms with E-state index in [1.807, 2.05) is 27.7 Å². The quantitative estimate of drug-likeness (QED) is 0.111. The van der Waals surface area contributed by atoms with E-state index in [1.54, 1.807) is 45.7 Å². The molecular formula is C39H38F4N12O4S. The smallest absolute Gasteiger partial charge is 0.264 e. The summed E-state index contributed by atoms with van der Waals surface area (Å²) < 4.78 is 89.2. The van der Waals surface area contributed by atoms with Crippen molar-refractivity contribution in [1.29, 1.82) is 0 Å². The van der Waals surface area contributed by atoms with Gasteiger partial charge in [-0.25, -0.2) is 17.6 Å². The largest absolute Gasteiger partial charge is 0.394 e. The van der Waals surface area contributed by atoms with Crippen LogP contribution in [-0.4, -0.2) is 92.2 Å². The SMILES string of the molecule is CC(C)c1nnc2ccc(-c3cn(CCO)nc3-c3ccc(F)cc3F)nn12.CC(C)c1nnc2ccc(-c3cn(CCOS(C)(=O)=O)nc3-c3ccc(F)cc3F)nn12. The van der Waals surface area contributed by atoms with Gasteiger partial charge in [-0.05, 0) is 48.5 Å². The summed E-state index contributed by atoms with van der Waals surface area (Å²) in [6.07, 6.45) is 4.24. The van der Waals surface area contributed by atoms with E-state index < -0.39 is 33.4 Å². The van der Waals surface area contributed by atoms with Gasteiger partial charge in [0.2, 0.25) is 0 Å². The molecule has 312 valence electrons. The predicted octanol–water partition coefficient (Wildman–Crippen LogP) is 6.08.